The molecule has 1 aliphatic rings. The van der Waals surface area contributed by atoms with Crippen molar-refractivity contribution in [3.63, 3.8) is 0 Å². The molecule has 0 bridgehead atoms. The molecule has 0 aromatic heterocycles. The molecule has 0 amide bonds. The maximum atomic E-state index is 9.64. The first-order valence-electron chi connectivity index (χ1n) is 9.20. The third-order valence-corrected chi connectivity index (χ3v) is 5.18. The Morgan fingerprint density at radius 3 is 2.07 bits per heavy atom. The van der Waals surface area contributed by atoms with Gasteiger partial charge >= 0.3 is 0 Å². The van der Waals surface area contributed by atoms with Crippen LogP contribution < -0.4 is 0 Å². The van der Waals surface area contributed by atoms with Gasteiger partial charge in [-0.1, -0.05) is 65.3 Å². The summed E-state index contributed by atoms with van der Waals surface area (Å²) < 4.78 is 0. The molecule has 0 saturated heterocycles. The van der Waals surface area contributed by atoms with Gasteiger partial charge in [-0.25, -0.2) is 0 Å². The fourth-order valence-corrected chi connectivity index (χ4v) is 4.07. The van der Waals surface area contributed by atoms with Gasteiger partial charge < -0.3 is 9.94 Å². The van der Waals surface area contributed by atoms with Crippen molar-refractivity contribution in [2.45, 2.75) is 32.8 Å². The fourth-order valence-electron chi connectivity index (χ4n) is 4.07. The molecule has 0 spiro atoms. The first-order valence-corrected chi connectivity index (χ1v) is 9.20. The fraction of sp³-hybridized carbons (Fsp3) is 0.208. The molecule has 2 atom stereocenters. The minimum Gasteiger partial charge on any atom is -0.508 e. The van der Waals surface area contributed by atoms with Gasteiger partial charge in [-0.05, 0) is 55.2 Å². The zero-order valence-corrected chi connectivity index (χ0v) is 15.8. The van der Waals surface area contributed by atoms with E-state index in [1.54, 1.807) is 12.1 Å². The molecule has 0 aliphatic carbocycles. The van der Waals surface area contributed by atoms with Crippen LogP contribution in [0.25, 0.3) is 0 Å². The van der Waals surface area contributed by atoms with Crippen molar-refractivity contribution in [1.82, 2.24) is 0 Å². The van der Waals surface area contributed by atoms with E-state index < -0.39 is 0 Å². The van der Waals surface area contributed by atoms with Crippen molar-refractivity contribution >= 4 is 5.71 Å². The molecule has 4 rings (SSSR count). The standard InChI is InChI=1S/C24H23NO2/c1-15-13-16(2)21(17(3)14-15)23-22(18-7-5-4-6-8-18)24(27-25-23)19-9-11-20(26)12-10-19/h4-14,22,24,26H,1-3H3/t22-,24+/m1/s1. The Bertz CT molecular complexity index is 968. The average Bonchev–Trinajstić information content (AvgIpc) is 3.07. The molecular formula is C24H23NO2. The number of rotatable bonds is 3. The summed E-state index contributed by atoms with van der Waals surface area (Å²) in [6.45, 7) is 6.38. The zero-order chi connectivity index (χ0) is 19.0. The van der Waals surface area contributed by atoms with Gasteiger partial charge in [0.1, 0.15) is 5.75 Å². The molecule has 1 aliphatic heterocycles. The summed E-state index contributed by atoms with van der Waals surface area (Å²) in [5, 5.41) is 14.2. The van der Waals surface area contributed by atoms with Gasteiger partial charge in [0.2, 0.25) is 0 Å². The van der Waals surface area contributed by atoms with Gasteiger partial charge in [0.25, 0.3) is 0 Å². The molecule has 3 nitrogen and oxygen atoms in total. The molecule has 0 radical (unpaired) electrons. The monoisotopic (exact) mass is 357 g/mol. The lowest BCUT2D eigenvalue weighted by molar-refractivity contribution is 0.0762. The van der Waals surface area contributed by atoms with E-state index in [0.717, 1.165) is 16.8 Å². The second-order valence-corrected chi connectivity index (χ2v) is 7.26. The Balaban J connectivity index is 1.84. The summed E-state index contributed by atoms with van der Waals surface area (Å²) in [6.07, 6.45) is -0.219. The van der Waals surface area contributed by atoms with Crippen LogP contribution in [0.3, 0.4) is 0 Å². The maximum absolute atomic E-state index is 9.64. The summed E-state index contributed by atoms with van der Waals surface area (Å²) in [5.74, 6) is 0.246. The highest BCUT2D eigenvalue weighted by Crippen LogP contribution is 2.43. The Kier molecular flexibility index (Phi) is 4.44. The first-order chi connectivity index (χ1) is 13.0. The topological polar surface area (TPSA) is 41.8 Å². The highest BCUT2D eigenvalue weighted by molar-refractivity contribution is 6.08. The number of hydrogen-bond acceptors (Lipinski definition) is 3. The van der Waals surface area contributed by atoms with Crippen molar-refractivity contribution in [1.29, 1.82) is 0 Å². The lowest BCUT2D eigenvalue weighted by atomic mass is 9.81. The summed E-state index contributed by atoms with van der Waals surface area (Å²) in [4.78, 5) is 5.96. The van der Waals surface area contributed by atoms with Crippen molar-refractivity contribution in [3.05, 3.63) is 100 Å². The largest absolute Gasteiger partial charge is 0.508 e. The highest BCUT2D eigenvalue weighted by Gasteiger charge is 2.38. The number of phenols is 1. The van der Waals surface area contributed by atoms with Gasteiger partial charge in [0.05, 0.1) is 11.6 Å². The minimum atomic E-state index is -0.219. The molecule has 0 saturated carbocycles. The van der Waals surface area contributed by atoms with E-state index >= 15 is 0 Å². The second-order valence-electron chi connectivity index (χ2n) is 7.26. The van der Waals surface area contributed by atoms with Crippen LogP contribution in [-0.4, -0.2) is 10.8 Å². The SMILES string of the molecule is Cc1cc(C)c(C2=NO[C@@H](c3ccc(O)cc3)[C@@H]2c2ccccc2)c(C)c1. The number of oxime groups is 1. The molecule has 1 N–H and O–H groups in total. The van der Waals surface area contributed by atoms with Gasteiger partial charge in [-0.2, -0.15) is 0 Å². The number of nitrogens with zero attached hydrogens (tertiary/aromatic N) is 1. The van der Waals surface area contributed by atoms with E-state index in [2.05, 4.69) is 50.2 Å². The zero-order valence-electron chi connectivity index (χ0n) is 15.8. The molecule has 136 valence electrons. The van der Waals surface area contributed by atoms with Gasteiger partial charge in [0, 0.05) is 5.56 Å². The predicted octanol–water partition coefficient (Wildman–Crippen LogP) is 5.58. The smallest absolute Gasteiger partial charge is 0.165 e. The van der Waals surface area contributed by atoms with Gasteiger partial charge in [0.15, 0.2) is 6.10 Å². The maximum Gasteiger partial charge on any atom is 0.165 e. The lowest BCUT2D eigenvalue weighted by Crippen LogP contribution is -2.18. The van der Waals surface area contributed by atoms with Crippen LogP contribution in [0.5, 0.6) is 5.75 Å². The van der Waals surface area contributed by atoms with E-state index in [9.17, 15) is 5.11 Å². The number of phenolic OH excluding ortho intramolecular Hbond substituents is 1. The van der Waals surface area contributed by atoms with Crippen LogP contribution in [0.15, 0.2) is 71.9 Å². The first kappa shape index (κ1) is 17.3. The predicted molar refractivity (Wildman–Crippen MR) is 108 cm³/mol. The van der Waals surface area contributed by atoms with E-state index in [1.165, 1.54) is 22.3 Å². The van der Waals surface area contributed by atoms with Crippen LogP contribution in [0.2, 0.25) is 0 Å². The Morgan fingerprint density at radius 1 is 0.815 bits per heavy atom. The summed E-state index contributed by atoms with van der Waals surface area (Å²) in [6, 6.07) is 22.0. The van der Waals surface area contributed by atoms with Crippen molar-refractivity contribution in [2.75, 3.05) is 0 Å². The van der Waals surface area contributed by atoms with Crippen molar-refractivity contribution in [3.8, 4) is 5.75 Å². The summed E-state index contributed by atoms with van der Waals surface area (Å²) >= 11 is 0. The average molecular weight is 357 g/mol. The quantitative estimate of drug-likeness (QED) is 0.665. The lowest BCUT2D eigenvalue weighted by Gasteiger charge is -2.21. The molecule has 0 fully saturated rings. The van der Waals surface area contributed by atoms with Crippen molar-refractivity contribution in [2.24, 2.45) is 5.16 Å². The molecule has 27 heavy (non-hydrogen) atoms. The van der Waals surface area contributed by atoms with Crippen LogP contribution in [0.1, 0.15) is 45.4 Å². The third kappa shape index (κ3) is 3.21. The van der Waals surface area contributed by atoms with Gasteiger partial charge in [-0.3, -0.25) is 0 Å². The van der Waals surface area contributed by atoms with E-state index in [4.69, 9.17) is 4.84 Å². The van der Waals surface area contributed by atoms with Gasteiger partial charge in [-0.15, -0.1) is 0 Å². The molecule has 3 heteroatoms. The summed E-state index contributed by atoms with van der Waals surface area (Å²) in [5.41, 5.74) is 7.97. The number of hydrogen-bond donors (Lipinski definition) is 1. The van der Waals surface area contributed by atoms with Crippen LogP contribution >= 0.6 is 0 Å². The van der Waals surface area contributed by atoms with Crippen LogP contribution in [0, 0.1) is 20.8 Å². The normalized spacial score (nSPS) is 18.9. The third-order valence-electron chi connectivity index (χ3n) is 5.18. The van der Waals surface area contributed by atoms with Crippen LogP contribution in [0.4, 0.5) is 0 Å². The molecule has 1 heterocycles. The Morgan fingerprint density at radius 2 is 1.44 bits per heavy atom. The van der Waals surface area contributed by atoms with E-state index in [0.29, 0.717) is 0 Å². The highest BCUT2D eigenvalue weighted by atomic mass is 16.6. The Hall–Kier alpha value is -3.07. The molecule has 3 aromatic rings. The minimum absolute atomic E-state index is 0.00384. The van der Waals surface area contributed by atoms with Crippen LogP contribution in [-0.2, 0) is 4.84 Å². The van der Waals surface area contributed by atoms with Crippen molar-refractivity contribution < 1.29 is 9.94 Å². The van der Waals surface area contributed by atoms with E-state index in [1.807, 2.05) is 30.3 Å². The molecule has 3 aromatic carbocycles. The number of aromatic hydroxyl groups is 1. The number of aryl methyl sites for hydroxylation is 3. The molecule has 0 unspecified atom stereocenters. The molecular weight excluding hydrogens is 334 g/mol. The summed E-state index contributed by atoms with van der Waals surface area (Å²) in [7, 11) is 0. The van der Waals surface area contributed by atoms with E-state index in [-0.39, 0.29) is 17.8 Å². The number of benzene rings is 3. The Labute approximate surface area is 159 Å². The second kappa shape index (κ2) is 6.92.